The number of nitrogens with one attached hydrogen (secondary N) is 3. The van der Waals surface area contributed by atoms with E-state index in [1.54, 1.807) is 111 Å². The van der Waals surface area contributed by atoms with Crippen LogP contribution in [0.2, 0.25) is 0 Å². The van der Waals surface area contributed by atoms with Crippen LogP contribution in [-0.2, 0) is 32.0 Å². The first kappa shape index (κ1) is 54.9. The maximum absolute atomic E-state index is 15.0. The van der Waals surface area contributed by atoms with Gasteiger partial charge in [-0.05, 0) is 85.7 Å². The average Bonchev–Trinajstić information content (AvgIpc) is 2.47. The van der Waals surface area contributed by atoms with Gasteiger partial charge in [-0.3, -0.25) is 43.4 Å². The molecule has 2 aliphatic heterocycles. The highest BCUT2D eigenvalue weighted by Gasteiger charge is 2.42. The standard InChI is InChI=1S/C61H63N5O11S/c1-8-35(9-2)65-56(71)39-25-23-38-51-47(78-30-45(62-32(5)68)55(70)63-43(26-33-18-14-12-15-19-33)54(69)64-44(60(75)76)27-34-20-16-13-17-21-34)29-42-49-40(57(72)66(59(42)74)36(10-3)11-4)24-22-37(53(49)51)50-46(77-61(6,7)31-67)28-41(58(65)73)48(39)52(38)50/h12-25,28-29,35-36,43-45,67H,8-11,26-27,30-31H2,1-7H3,(H,62,68)(H,63,70)(H,64,69)(H,75,76). The third kappa shape index (κ3) is 10.0. The van der Waals surface area contributed by atoms with E-state index in [0.717, 1.165) is 11.8 Å². The lowest BCUT2D eigenvalue weighted by molar-refractivity contribution is -0.142. The van der Waals surface area contributed by atoms with Crippen LogP contribution in [0.1, 0.15) is 127 Å². The second kappa shape index (κ2) is 22.2. The SMILES string of the molecule is CCC(CC)N1C(=O)c2ccc3c4c(SCC(NC(C)=O)C(=O)NC(Cc5ccccc5)C(=O)NC(Cc5ccccc5)C(=O)O)cc5c6c(ccc(c7c(OC(C)(C)CO)cc(c2c37)C1=O)c64)C(=O)N(C(CC)CC)C5=O. The predicted octanol–water partition coefficient (Wildman–Crippen LogP) is 8.59. The Balaban J connectivity index is 1.22. The molecule has 2 heterocycles. The van der Waals surface area contributed by atoms with Crippen molar-refractivity contribution < 1.29 is 53.3 Å². The molecule has 0 spiro atoms. The number of carbonyl (C=O) groups is 8. The molecule has 17 heteroatoms. The molecule has 0 saturated heterocycles. The van der Waals surface area contributed by atoms with Crippen LogP contribution in [0.4, 0.5) is 0 Å². The minimum absolute atomic E-state index is 0.0244. The van der Waals surface area contributed by atoms with Crippen molar-refractivity contribution in [3.05, 3.63) is 130 Å². The molecule has 7 aromatic carbocycles. The Kier molecular flexibility index (Phi) is 15.6. The number of aliphatic hydroxyl groups is 1. The third-order valence-corrected chi connectivity index (χ3v) is 16.3. The van der Waals surface area contributed by atoms with Gasteiger partial charge in [0.1, 0.15) is 29.5 Å². The molecule has 3 unspecified atom stereocenters. The van der Waals surface area contributed by atoms with Gasteiger partial charge in [-0.2, -0.15) is 0 Å². The summed E-state index contributed by atoms with van der Waals surface area (Å²) in [5.41, 5.74) is 1.20. The van der Waals surface area contributed by atoms with Gasteiger partial charge in [0.15, 0.2) is 0 Å². The van der Waals surface area contributed by atoms with Gasteiger partial charge in [0.25, 0.3) is 23.6 Å². The number of carboxylic acids is 1. The lowest BCUT2D eigenvalue weighted by Gasteiger charge is -2.35. The zero-order valence-corrected chi connectivity index (χ0v) is 45.5. The highest BCUT2D eigenvalue weighted by atomic mass is 32.2. The molecule has 9 rings (SSSR count). The fraction of sp³-hybridized carbons (Fsp3) is 0.344. The van der Waals surface area contributed by atoms with Gasteiger partial charge in [-0.1, -0.05) is 100 Å². The van der Waals surface area contributed by atoms with Crippen molar-refractivity contribution in [3.8, 4) is 5.75 Å². The van der Waals surface area contributed by atoms with Crippen LogP contribution >= 0.6 is 11.8 Å². The second-order valence-corrected chi connectivity index (χ2v) is 21.8. The van der Waals surface area contributed by atoms with E-state index >= 15 is 4.79 Å². The van der Waals surface area contributed by atoms with E-state index in [1.807, 2.05) is 27.7 Å². The number of benzene rings is 7. The Morgan fingerprint density at radius 1 is 0.564 bits per heavy atom. The average molecular weight is 1070 g/mol. The first-order valence-corrected chi connectivity index (χ1v) is 27.5. The number of hydrogen-bond acceptors (Lipinski definition) is 11. The molecule has 3 atom stereocenters. The van der Waals surface area contributed by atoms with E-state index in [4.69, 9.17) is 4.74 Å². The second-order valence-electron chi connectivity index (χ2n) is 20.7. The Bertz CT molecular complexity index is 3560. The van der Waals surface area contributed by atoms with Gasteiger partial charge >= 0.3 is 5.97 Å². The predicted molar refractivity (Wildman–Crippen MR) is 299 cm³/mol. The number of fused-ring (bicyclic) bond motifs is 2. The number of amides is 7. The third-order valence-electron chi connectivity index (χ3n) is 15.1. The topological polar surface area (TPSA) is 229 Å². The van der Waals surface area contributed by atoms with E-state index in [2.05, 4.69) is 16.0 Å². The summed E-state index contributed by atoms with van der Waals surface area (Å²) < 4.78 is 6.69. The molecule has 404 valence electrons. The molecular formula is C61H63N5O11S. The normalized spacial score (nSPS) is 14.7. The van der Waals surface area contributed by atoms with E-state index in [1.165, 1.54) is 16.7 Å². The molecule has 5 N–H and O–H groups in total. The molecule has 0 aromatic heterocycles. The summed E-state index contributed by atoms with van der Waals surface area (Å²) in [7, 11) is 0. The monoisotopic (exact) mass is 1070 g/mol. The minimum Gasteiger partial charge on any atom is -0.485 e. The van der Waals surface area contributed by atoms with Crippen LogP contribution in [0.3, 0.4) is 0 Å². The van der Waals surface area contributed by atoms with Crippen molar-refractivity contribution in [2.45, 2.75) is 128 Å². The highest BCUT2D eigenvalue weighted by molar-refractivity contribution is 7.99. The van der Waals surface area contributed by atoms with Crippen LogP contribution in [0.25, 0.3) is 43.1 Å². The van der Waals surface area contributed by atoms with Crippen molar-refractivity contribution in [1.29, 1.82) is 0 Å². The van der Waals surface area contributed by atoms with E-state index in [-0.39, 0.29) is 35.5 Å². The van der Waals surface area contributed by atoms with Gasteiger partial charge in [0.2, 0.25) is 17.7 Å². The summed E-state index contributed by atoms with van der Waals surface area (Å²) in [5, 5.41) is 32.9. The van der Waals surface area contributed by atoms with Crippen molar-refractivity contribution in [2.24, 2.45) is 0 Å². The van der Waals surface area contributed by atoms with E-state index in [9.17, 15) is 43.8 Å². The number of hydrogen-bond donors (Lipinski definition) is 5. The largest absolute Gasteiger partial charge is 0.485 e. The summed E-state index contributed by atoms with van der Waals surface area (Å²) >= 11 is 1.15. The Morgan fingerprint density at radius 2 is 1.01 bits per heavy atom. The molecular weight excluding hydrogens is 1010 g/mol. The maximum Gasteiger partial charge on any atom is 0.326 e. The van der Waals surface area contributed by atoms with Crippen LogP contribution in [0, 0.1) is 0 Å². The first-order valence-electron chi connectivity index (χ1n) is 26.5. The summed E-state index contributed by atoms with van der Waals surface area (Å²) in [6, 6.07) is 23.2. The number of aliphatic hydroxyl groups excluding tert-OH is 1. The van der Waals surface area contributed by atoms with Crippen molar-refractivity contribution in [1.82, 2.24) is 25.8 Å². The number of aliphatic carboxylic acids is 1. The zero-order valence-electron chi connectivity index (χ0n) is 44.7. The molecule has 16 nitrogen and oxygen atoms in total. The van der Waals surface area contributed by atoms with Crippen molar-refractivity contribution >= 4 is 102 Å². The Morgan fingerprint density at radius 3 is 1.50 bits per heavy atom. The fourth-order valence-electron chi connectivity index (χ4n) is 11.2. The summed E-state index contributed by atoms with van der Waals surface area (Å²) in [4.78, 5) is 117. The van der Waals surface area contributed by atoms with Crippen molar-refractivity contribution in [3.63, 3.8) is 0 Å². The molecule has 0 fully saturated rings. The summed E-state index contributed by atoms with van der Waals surface area (Å²) in [5.74, 6) is -5.20. The van der Waals surface area contributed by atoms with Gasteiger partial charge in [0.05, 0.1) is 12.2 Å². The number of thioether (sulfide) groups is 1. The summed E-state index contributed by atoms with van der Waals surface area (Å²) in [6.07, 6.45) is 1.99. The van der Waals surface area contributed by atoms with Crippen LogP contribution in [-0.4, -0.2) is 116 Å². The molecule has 0 bridgehead atoms. The van der Waals surface area contributed by atoms with Crippen LogP contribution in [0.5, 0.6) is 5.75 Å². The van der Waals surface area contributed by atoms with Crippen LogP contribution < -0.4 is 20.7 Å². The van der Waals surface area contributed by atoms with E-state index in [0.29, 0.717) is 95.9 Å². The van der Waals surface area contributed by atoms with Gasteiger partial charge in [0, 0.05) is 91.5 Å². The molecule has 7 aromatic rings. The number of carboxylic acid groups (broad SMARTS) is 1. The fourth-order valence-corrected chi connectivity index (χ4v) is 12.3. The molecule has 2 aliphatic rings. The molecule has 7 amide bonds. The van der Waals surface area contributed by atoms with E-state index < -0.39 is 89.7 Å². The number of ether oxygens (including phenoxy) is 1. The molecule has 0 saturated carbocycles. The zero-order chi connectivity index (χ0) is 55.9. The number of imide groups is 2. The highest BCUT2D eigenvalue weighted by Crippen LogP contribution is 2.52. The van der Waals surface area contributed by atoms with Gasteiger partial charge in [-0.15, -0.1) is 11.8 Å². The van der Waals surface area contributed by atoms with Gasteiger partial charge < -0.3 is 30.9 Å². The number of nitrogens with zero attached hydrogens (tertiary/aromatic N) is 2. The Hall–Kier alpha value is -7.89. The van der Waals surface area contributed by atoms with Gasteiger partial charge in [-0.25, -0.2) is 4.79 Å². The van der Waals surface area contributed by atoms with Crippen LogP contribution in [0.15, 0.2) is 102 Å². The molecule has 0 aliphatic carbocycles. The quantitative estimate of drug-likeness (QED) is 0.0186. The number of rotatable bonds is 22. The Labute approximate surface area is 455 Å². The first-order chi connectivity index (χ1) is 37.4. The minimum atomic E-state index is -1.34. The summed E-state index contributed by atoms with van der Waals surface area (Å²) in [6.45, 7) is 11.9. The maximum atomic E-state index is 15.0. The molecule has 78 heavy (non-hydrogen) atoms. The smallest absolute Gasteiger partial charge is 0.326 e. The van der Waals surface area contributed by atoms with Crippen molar-refractivity contribution in [2.75, 3.05) is 12.4 Å². The lowest BCUT2D eigenvalue weighted by Crippen LogP contribution is -2.57. The number of carbonyl (C=O) groups excluding carboxylic acids is 7. The molecule has 0 radical (unpaired) electrons. The lowest BCUT2D eigenvalue weighted by atomic mass is 9.81.